The molecule has 0 spiro atoms. The van der Waals surface area contributed by atoms with Crippen LogP contribution < -0.4 is 4.72 Å². The summed E-state index contributed by atoms with van der Waals surface area (Å²) >= 11 is 5.58. The average molecular weight is 308 g/mol. The van der Waals surface area contributed by atoms with Gasteiger partial charge in [0.05, 0.1) is 4.90 Å². The van der Waals surface area contributed by atoms with Gasteiger partial charge in [-0.05, 0) is 56.9 Å². The molecule has 1 unspecified atom stereocenters. The molecule has 0 aliphatic carbocycles. The van der Waals surface area contributed by atoms with Crippen LogP contribution in [0.4, 0.5) is 4.39 Å². The molecule has 0 fully saturated rings. The molecule has 0 bridgehead atoms. The van der Waals surface area contributed by atoms with Crippen LogP contribution in [0.5, 0.6) is 0 Å². The summed E-state index contributed by atoms with van der Waals surface area (Å²) in [6, 6.07) is 2.25. The average Bonchev–Trinajstić information content (AvgIpc) is 2.23. The van der Waals surface area contributed by atoms with E-state index in [2.05, 4.69) is 4.72 Å². The zero-order valence-electron chi connectivity index (χ0n) is 11.3. The molecule has 0 heterocycles. The van der Waals surface area contributed by atoms with E-state index >= 15 is 0 Å². The van der Waals surface area contributed by atoms with Crippen LogP contribution in [0, 0.1) is 19.7 Å². The van der Waals surface area contributed by atoms with Gasteiger partial charge in [-0.3, -0.25) is 0 Å². The topological polar surface area (TPSA) is 46.2 Å². The Morgan fingerprint density at radius 2 is 1.84 bits per heavy atom. The lowest BCUT2D eigenvalue weighted by molar-refractivity contribution is 0.543. The molecule has 0 radical (unpaired) electrons. The lowest BCUT2D eigenvalue weighted by Gasteiger charge is -2.16. The third kappa shape index (κ3) is 4.44. The molecule has 108 valence electrons. The second-order valence-corrected chi connectivity index (χ2v) is 6.75. The zero-order chi connectivity index (χ0) is 14.6. The number of hydrogen-bond donors (Lipinski definition) is 1. The van der Waals surface area contributed by atoms with Crippen LogP contribution in [0.3, 0.4) is 0 Å². The normalized spacial score (nSPS) is 13.5. The molecule has 1 N–H and O–H groups in total. The molecule has 1 rings (SSSR count). The Morgan fingerprint density at radius 3 is 2.32 bits per heavy atom. The Balaban J connectivity index is 3.01. The van der Waals surface area contributed by atoms with Gasteiger partial charge in [0.25, 0.3) is 0 Å². The number of rotatable bonds is 6. The van der Waals surface area contributed by atoms with Crippen molar-refractivity contribution >= 4 is 21.6 Å². The number of halogens is 2. The van der Waals surface area contributed by atoms with Gasteiger partial charge in [0, 0.05) is 11.9 Å². The number of benzene rings is 1. The van der Waals surface area contributed by atoms with Gasteiger partial charge in [-0.2, -0.15) is 0 Å². The molecule has 1 atom stereocenters. The highest BCUT2D eigenvalue weighted by atomic mass is 35.5. The summed E-state index contributed by atoms with van der Waals surface area (Å²) in [6.45, 7) is 4.97. The van der Waals surface area contributed by atoms with E-state index in [1.807, 2.05) is 0 Å². The van der Waals surface area contributed by atoms with E-state index in [9.17, 15) is 12.8 Å². The molecular weight excluding hydrogens is 289 g/mol. The zero-order valence-corrected chi connectivity index (χ0v) is 12.9. The summed E-state index contributed by atoms with van der Waals surface area (Å²) in [6.07, 6.45) is 1.41. The van der Waals surface area contributed by atoms with Gasteiger partial charge in [0.2, 0.25) is 10.0 Å². The fraction of sp³-hybridized carbons (Fsp3) is 0.538. The maximum atomic E-state index is 13.2. The van der Waals surface area contributed by atoms with E-state index in [-0.39, 0.29) is 10.9 Å². The van der Waals surface area contributed by atoms with Crippen LogP contribution in [0.2, 0.25) is 0 Å². The first-order valence-electron chi connectivity index (χ1n) is 6.13. The molecule has 0 aliphatic rings. The summed E-state index contributed by atoms with van der Waals surface area (Å²) in [5.41, 5.74) is 0.823. The van der Waals surface area contributed by atoms with Gasteiger partial charge in [0.15, 0.2) is 0 Å². The lowest BCUT2D eigenvalue weighted by Crippen LogP contribution is -2.33. The predicted octanol–water partition coefficient (Wildman–Crippen LogP) is 3.13. The molecule has 0 saturated heterocycles. The fourth-order valence-corrected chi connectivity index (χ4v) is 3.97. The molecule has 0 aromatic heterocycles. The molecule has 0 amide bonds. The second-order valence-electron chi connectivity index (χ2n) is 4.72. The van der Waals surface area contributed by atoms with Gasteiger partial charge in [-0.1, -0.05) is 0 Å². The SMILES string of the molecule is Cc1cc(F)cc(C)c1S(=O)(=O)NC(C)CCCCl. The molecule has 0 aliphatic heterocycles. The van der Waals surface area contributed by atoms with Crippen molar-refractivity contribution in [1.29, 1.82) is 0 Å². The highest BCUT2D eigenvalue weighted by Gasteiger charge is 2.22. The Labute approximate surface area is 119 Å². The predicted molar refractivity (Wildman–Crippen MR) is 75.6 cm³/mol. The van der Waals surface area contributed by atoms with Crippen LogP contribution in [0.15, 0.2) is 17.0 Å². The molecular formula is C13H19ClFNO2S. The van der Waals surface area contributed by atoms with E-state index < -0.39 is 15.8 Å². The van der Waals surface area contributed by atoms with Gasteiger partial charge in [-0.25, -0.2) is 17.5 Å². The summed E-state index contributed by atoms with van der Waals surface area (Å²) in [7, 11) is -3.63. The minimum atomic E-state index is -3.63. The minimum absolute atomic E-state index is 0.159. The number of nitrogens with one attached hydrogen (secondary N) is 1. The quantitative estimate of drug-likeness (QED) is 0.821. The smallest absolute Gasteiger partial charge is 0.208 e. The third-order valence-corrected chi connectivity index (χ3v) is 4.98. The Morgan fingerprint density at radius 1 is 1.32 bits per heavy atom. The number of aryl methyl sites for hydroxylation is 2. The second kappa shape index (κ2) is 6.68. The van der Waals surface area contributed by atoms with E-state index in [0.29, 0.717) is 23.4 Å². The minimum Gasteiger partial charge on any atom is -0.208 e. The van der Waals surface area contributed by atoms with Gasteiger partial charge >= 0.3 is 0 Å². The molecule has 1 aromatic carbocycles. The van der Waals surface area contributed by atoms with Gasteiger partial charge < -0.3 is 0 Å². The highest BCUT2D eigenvalue weighted by Crippen LogP contribution is 2.21. The van der Waals surface area contributed by atoms with Crippen LogP contribution in [-0.4, -0.2) is 20.3 Å². The monoisotopic (exact) mass is 307 g/mol. The van der Waals surface area contributed by atoms with Gasteiger partial charge in [0.1, 0.15) is 5.82 Å². The Kier molecular flexibility index (Phi) is 5.77. The van der Waals surface area contributed by atoms with Crippen molar-refractivity contribution in [3.8, 4) is 0 Å². The van der Waals surface area contributed by atoms with Crippen LogP contribution in [0.25, 0.3) is 0 Å². The Bertz CT molecular complexity index is 523. The molecule has 6 heteroatoms. The summed E-state index contributed by atoms with van der Waals surface area (Å²) < 4.78 is 40.4. The largest absolute Gasteiger partial charge is 0.241 e. The van der Waals surface area contributed by atoms with Crippen molar-refractivity contribution in [2.24, 2.45) is 0 Å². The van der Waals surface area contributed by atoms with E-state index in [1.165, 1.54) is 12.1 Å². The van der Waals surface area contributed by atoms with Crippen LogP contribution in [0.1, 0.15) is 30.9 Å². The van der Waals surface area contributed by atoms with E-state index in [0.717, 1.165) is 6.42 Å². The number of sulfonamides is 1. The molecule has 1 aromatic rings. The molecule has 3 nitrogen and oxygen atoms in total. The fourth-order valence-electron chi connectivity index (χ4n) is 2.09. The van der Waals surface area contributed by atoms with Crippen LogP contribution >= 0.6 is 11.6 Å². The number of alkyl halides is 1. The van der Waals surface area contributed by atoms with Gasteiger partial charge in [-0.15, -0.1) is 11.6 Å². The summed E-state index contributed by atoms with van der Waals surface area (Å²) in [5, 5.41) is 0. The maximum absolute atomic E-state index is 13.2. The summed E-state index contributed by atoms with van der Waals surface area (Å²) in [5.74, 6) is 0.0739. The molecule has 0 saturated carbocycles. The standard InChI is InChI=1S/C13H19ClFNO2S/c1-9-7-12(15)8-10(2)13(9)19(17,18)16-11(3)5-4-6-14/h7-8,11,16H,4-6H2,1-3H3. The van der Waals surface area contributed by atoms with Crippen molar-refractivity contribution in [3.63, 3.8) is 0 Å². The first-order chi connectivity index (χ1) is 8.77. The van der Waals surface area contributed by atoms with Crippen molar-refractivity contribution in [2.45, 2.75) is 44.6 Å². The summed E-state index contributed by atoms with van der Waals surface area (Å²) in [4.78, 5) is 0.159. The van der Waals surface area contributed by atoms with Crippen molar-refractivity contribution in [2.75, 3.05) is 5.88 Å². The first kappa shape index (κ1) is 16.4. The van der Waals surface area contributed by atoms with Crippen molar-refractivity contribution < 1.29 is 12.8 Å². The van der Waals surface area contributed by atoms with E-state index in [4.69, 9.17) is 11.6 Å². The Hall–Kier alpha value is -0.650. The van der Waals surface area contributed by atoms with Crippen molar-refractivity contribution in [3.05, 3.63) is 29.1 Å². The number of hydrogen-bond acceptors (Lipinski definition) is 2. The van der Waals surface area contributed by atoms with Crippen LogP contribution in [-0.2, 0) is 10.0 Å². The van der Waals surface area contributed by atoms with E-state index in [1.54, 1.807) is 20.8 Å². The maximum Gasteiger partial charge on any atom is 0.241 e. The molecule has 19 heavy (non-hydrogen) atoms. The highest BCUT2D eigenvalue weighted by molar-refractivity contribution is 7.89. The lowest BCUT2D eigenvalue weighted by atomic mass is 10.1. The van der Waals surface area contributed by atoms with Crippen molar-refractivity contribution in [1.82, 2.24) is 4.72 Å². The first-order valence-corrected chi connectivity index (χ1v) is 8.14. The third-order valence-electron chi connectivity index (χ3n) is 2.82.